The lowest BCUT2D eigenvalue weighted by atomic mass is 9.95. The zero-order valence-electron chi connectivity index (χ0n) is 19.9. The number of fused-ring (bicyclic) bond motifs is 2. The third-order valence-electron chi connectivity index (χ3n) is 6.65. The minimum Gasteiger partial charge on any atom is -0.456 e. The molecule has 0 saturated carbocycles. The van der Waals surface area contributed by atoms with E-state index in [1.165, 1.54) is 0 Å². The Hall–Kier alpha value is -3.56. The molecule has 36 heavy (non-hydrogen) atoms. The lowest BCUT2D eigenvalue weighted by Gasteiger charge is -2.32. The number of nitrogens with one attached hydrogen (secondary N) is 1. The first kappa shape index (κ1) is 22.9. The summed E-state index contributed by atoms with van der Waals surface area (Å²) in [6.45, 7) is 3.81. The fourth-order valence-corrected chi connectivity index (χ4v) is 4.94. The molecule has 0 radical (unpaired) electrons. The van der Waals surface area contributed by atoms with Gasteiger partial charge >= 0.3 is 0 Å². The first-order valence-electron chi connectivity index (χ1n) is 11.9. The molecule has 1 N–H and O–H groups in total. The number of hydrogen-bond donors (Lipinski definition) is 1. The van der Waals surface area contributed by atoms with Gasteiger partial charge in [-0.1, -0.05) is 11.6 Å². The maximum atomic E-state index is 14.5. The average Bonchev–Trinajstić information content (AvgIpc) is 3.48. The highest BCUT2D eigenvalue weighted by Gasteiger charge is 2.28. The molecule has 10 heteroatoms. The number of benzene rings is 2. The lowest BCUT2D eigenvalue weighted by molar-refractivity contribution is 0.0897. The van der Waals surface area contributed by atoms with Crippen molar-refractivity contribution in [2.75, 3.05) is 20.1 Å². The topological polar surface area (TPSA) is 84.8 Å². The van der Waals surface area contributed by atoms with E-state index in [1.54, 1.807) is 23.1 Å². The quantitative estimate of drug-likeness (QED) is 0.343. The number of piperidine rings is 1. The number of aromatic nitrogens is 6. The molecule has 1 aliphatic rings. The summed E-state index contributed by atoms with van der Waals surface area (Å²) >= 11 is 6.72. The Morgan fingerprint density at radius 1 is 1.17 bits per heavy atom. The molecule has 0 spiro atoms. The summed E-state index contributed by atoms with van der Waals surface area (Å²) in [4.78, 5) is 19.0. The number of likely N-dealkylation sites (tertiary alicyclic amines) is 1. The number of hydrogen-bond acceptors (Lipinski definition) is 6. The van der Waals surface area contributed by atoms with Gasteiger partial charge in [-0.3, -0.25) is 9.67 Å². The monoisotopic (exact) mass is 505 g/mol. The number of rotatable bonds is 5. The van der Waals surface area contributed by atoms with E-state index in [1.807, 2.05) is 49.3 Å². The summed E-state index contributed by atoms with van der Waals surface area (Å²) in [6.07, 6.45) is 5.27. The SMILES string of the molecule is Cc1nc2ccc(Oc3ccc4ncc(-c5cnn(CC6CCN(C)C[C@H]6F)c5)nc4c3Cl)cc2[nH]1. The Morgan fingerprint density at radius 3 is 2.89 bits per heavy atom. The van der Waals surface area contributed by atoms with E-state index in [-0.39, 0.29) is 5.92 Å². The lowest BCUT2D eigenvalue weighted by Crippen LogP contribution is -2.41. The number of halogens is 2. The molecule has 0 amide bonds. The van der Waals surface area contributed by atoms with Crippen LogP contribution in [0.4, 0.5) is 4.39 Å². The maximum absolute atomic E-state index is 14.5. The summed E-state index contributed by atoms with van der Waals surface area (Å²) < 4.78 is 22.3. The maximum Gasteiger partial charge on any atom is 0.148 e. The molecule has 8 nitrogen and oxygen atoms in total. The minimum absolute atomic E-state index is 0.0457. The van der Waals surface area contributed by atoms with Crippen LogP contribution in [0.2, 0.25) is 5.02 Å². The third kappa shape index (κ3) is 4.40. The molecule has 0 bridgehead atoms. The van der Waals surface area contributed by atoms with Gasteiger partial charge in [0, 0.05) is 36.8 Å². The van der Waals surface area contributed by atoms with E-state index < -0.39 is 6.17 Å². The minimum atomic E-state index is -0.855. The fourth-order valence-electron chi connectivity index (χ4n) is 4.70. The summed E-state index contributed by atoms with van der Waals surface area (Å²) in [5.74, 6) is 1.92. The highest BCUT2D eigenvalue weighted by atomic mass is 35.5. The van der Waals surface area contributed by atoms with E-state index in [0.717, 1.165) is 35.4 Å². The molecule has 1 saturated heterocycles. The molecule has 2 aromatic carbocycles. The highest BCUT2D eigenvalue weighted by Crippen LogP contribution is 2.35. The second-order valence-electron chi connectivity index (χ2n) is 9.38. The predicted molar refractivity (Wildman–Crippen MR) is 137 cm³/mol. The number of aryl methyl sites for hydroxylation is 1. The van der Waals surface area contributed by atoms with Gasteiger partial charge in [-0.15, -0.1) is 0 Å². The van der Waals surface area contributed by atoms with Crippen molar-refractivity contribution in [1.29, 1.82) is 0 Å². The number of H-pyrrole nitrogens is 1. The Morgan fingerprint density at radius 2 is 2.03 bits per heavy atom. The van der Waals surface area contributed by atoms with Crippen molar-refractivity contribution in [3.05, 3.63) is 59.8 Å². The van der Waals surface area contributed by atoms with Crippen molar-refractivity contribution in [3.8, 4) is 22.8 Å². The van der Waals surface area contributed by atoms with Gasteiger partial charge in [-0.05, 0) is 51.2 Å². The smallest absolute Gasteiger partial charge is 0.148 e. The van der Waals surface area contributed by atoms with Crippen LogP contribution in [0.15, 0.2) is 48.9 Å². The molecule has 0 aliphatic carbocycles. The zero-order chi connectivity index (χ0) is 24.8. The Bertz CT molecular complexity index is 1570. The molecule has 3 aromatic heterocycles. The Kier molecular flexibility index (Phi) is 5.81. The van der Waals surface area contributed by atoms with Crippen molar-refractivity contribution < 1.29 is 9.13 Å². The summed E-state index contributed by atoms with van der Waals surface area (Å²) in [5.41, 5.74) is 4.41. The first-order chi connectivity index (χ1) is 17.4. The molecule has 1 unspecified atom stereocenters. The third-order valence-corrected chi connectivity index (χ3v) is 7.01. The van der Waals surface area contributed by atoms with Gasteiger partial charge < -0.3 is 14.6 Å². The Balaban J connectivity index is 1.25. The van der Waals surface area contributed by atoms with E-state index in [2.05, 4.69) is 20.1 Å². The van der Waals surface area contributed by atoms with Gasteiger partial charge in [0.25, 0.3) is 0 Å². The number of alkyl halides is 1. The largest absolute Gasteiger partial charge is 0.456 e. The number of imidazole rings is 1. The average molecular weight is 506 g/mol. The normalized spacial score (nSPS) is 18.8. The van der Waals surface area contributed by atoms with Gasteiger partial charge in [-0.2, -0.15) is 5.10 Å². The van der Waals surface area contributed by atoms with Crippen molar-refractivity contribution in [1.82, 2.24) is 34.6 Å². The second kappa shape index (κ2) is 9.15. The van der Waals surface area contributed by atoms with Crippen LogP contribution in [0.5, 0.6) is 11.5 Å². The van der Waals surface area contributed by atoms with E-state index in [0.29, 0.717) is 46.3 Å². The molecule has 4 heterocycles. The first-order valence-corrected chi connectivity index (χ1v) is 12.3. The van der Waals surface area contributed by atoms with Crippen LogP contribution in [-0.2, 0) is 6.54 Å². The van der Waals surface area contributed by atoms with Crippen molar-refractivity contribution in [2.24, 2.45) is 5.92 Å². The van der Waals surface area contributed by atoms with Gasteiger partial charge in [0.05, 0.1) is 34.6 Å². The summed E-state index contributed by atoms with van der Waals surface area (Å²) in [7, 11) is 1.95. The summed E-state index contributed by atoms with van der Waals surface area (Å²) in [6, 6.07) is 9.26. The van der Waals surface area contributed by atoms with Crippen LogP contribution in [0.1, 0.15) is 12.2 Å². The van der Waals surface area contributed by atoms with Gasteiger partial charge in [0.15, 0.2) is 0 Å². The predicted octanol–water partition coefficient (Wildman–Crippen LogP) is 5.41. The number of nitrogens with zero attached hydrogens (tertiary/aromatic N) is 6. The molecular weight excluding hydrogens is 481 g/mol. The summed E-state index contributed by atoms with van der Waals surface area (Å²) in [5, 5.41) is 4.82. The fraction of sp³-hybridized carbons (Fsp3) is 0.308. The zero-order valence-corrected chi connectivity index (χ0v) is 20.7. The van der Waals surface area contributed by atoms with Crippen LogP contribution < -0.4 is 4.74 Å². The van der Waals surface area contributed by atoms with Crippen LogP contribution in [0, 0.1) is 12.8 Å². The van der Waals surface area contributed by atoms with E-state index in [9.17, 15) is 4.39 Å². The van der Waals surface area contributed by atoms with Crippen molar-refractivity contribution in [2.45, 2.75) is 26.1 Å². The van der Waals surface area contributed by atoms with Crippen LogP contribution >= 0.6 is 11.6 Å². The standard InChI is InChI=1S/C26H25ClFN7O/c1-15-31-20-4-3-18(9-22(20)32-15)36-24-6-5-21-26(25(24)27)33-23(11-29-21)17-10-30-35(13-17)12-16-7-8-34(2)14-19(16)28/h3-6,9-11,13,16,19H,7-8,12,14H2,1-2H3,(H,31,32)/t16?,19-/m1/s1. The van der Waals surface area contributed by atoms with E-state index >= 15 is 0 Å². The van der Waals surface area contributed by atoms with Crippen LogP contribution in [-0.4, -0.2) is 60.9 Å². The second-order valence-corrected chi connectivity index (χ2v) is 9.76. The van der Waals surface area contributed by atoms with Crippen LogP contribution in [0.3, 0.4) is 0 Å². The highest BCUT2D eigenvalue weighted by molar-refractivity contribution is 6.36. The number of ether oxygens (including phenoxy) is 1. The van der Waals surface area contributed by atoms with Crippen molar-refractivity contribution in [3.63, 3.8) is 0 Å². The van der Waals surface area contributed by atoms with Gasteiger partial charge in [0.2, 0.25) is 0 Å². The molecule has 6 rings (SSSR count). The van der Waals surface area contributed by atoms with Gasteiger partial charge in [-0.25, -0.2) is 14.4 Å². The molecular formula is C26H25ClFN7O. The molecule has 2 atom stereocenters. The van der Waals surface area contributed by atoms with Crippen LogP contribution in [0.25, 0.3) is 33.3 Å². The van der Waals surface area contributed by atoms with E-state index in [4.69, 9.17) is 21.3 Å². The van der Waals surface area contributed by atoms with Gasteiger partial charge in [0.1, 0.15) is 34.0 Å². The molecule has 184 valence electrons. The Labute approximate surface area is 212 Å². The molecule has 1 fully saturated rings. The number of aromatic amines is 1. The molecule has 1 aliphatic heterocycles. The molecule has 5 aromatic rings. The van der Waals surface area contributed by atoms with Crippen molar-refractivity contribution >= 4 is 33.7 Å².